The molecule has 0 saturated carbocycles. The highest BCUT2D eigenvalue weighted by Gasteiger charge is 2.34. The first-order valence-electron chi connectivity index (χ1n) is 8.43. The van der Waals surface area contributed by atoms with Gasteiger partial charge in [-0.15, -0.1) is 12.4 Å². The van der Waals surface area contributed by atoms with Crippen LogP contribution in [0.1, 0.15) is 44.6 Å². The van der Waals surface area contributed by atoms with Gasteiger partial charge in [-0.3, -0.25) is 4.79 Å². The number of fused-ring (bicyclic) bond motifs is 2. The zero-order valence-electron chi connectivity index (χ0n) is 13.9. The minimum atomic E-state index is 0. The van der Waals surface area contributed by atoms with Gasteiger partial charge in [0.15, 0.2) is 0 Å². The number of hydrogen-bond acceptors (Lipinski definition) is 3. The second-order valence-corrected chi connectivity index (χ2v) is 6.66. The van der Waals surface area contributed by atoms with Crippen molar-refractivity contribution in [2.24, 2.45) is 5.92 Å². The summed E-state index contributed by atoms with van der Waals surface area (Å²) >= 11 is 0. The van der Waals surface area contributed by atoms with Crippen LogP contribution in [0.2, 0.25) is 0 Å². The highest BCUT2D eigenvalue weighted by molar-refractivity contribution is 5.92. The predicted molar refractivity (Wildman–Crippen MR) is 95.5 cm³/mol. The summed E-state index contributed by atoms with van der Waals surface area (Å²) < 4.78 is 5.63. The van der Waals surface area contributed by atoms with Crippen molar-refractivity contribution in [2.75, 3.05) is 11.9 Å². The van der Waals surface area contributed by atoms with Crippen molar-refractivity contribution in [1.82, 2.24) is 5.32 Å². The van der Waals surface area contributed by atoms with Crippen LogP contribution in [0.4, 0.5) is 5.69 Å². The first-order valence-corrected chi connectivity index (χ1v) is 8.43. The lowest BCUT2D eigenvalue weighted by Crippen LogP contribution is -2.39. The third kappa shape index (κ3) is 4.61. The van der Waals surface area contributed by atoms with Gasteiger partial charge >= 0.3 is 0 Å². The third-order valence-corrected chi connectivity index (χ3v) is 4.76. The number of piperidine rings is 1. The Morgan fingerprint density at radius 1 is 1.30 bits per heavy atom. The summed E-state index contributed by atoms with van der Waals surface area (Å²) in [6.07, 6.45) is 5.44. The van der Waals surface area contributed by atoms with Gasteiger partial charge in [-0.05, 0) is 63.1 Å². The molecule has 2 N–H and O–H groups in total. The number of rotatable bonds is 5. The fourth-order valence-corrected chi connectivity index (χ4v) is 3.81. The van der Waals surface area contributed by atoms with E-state index in [9.17, 15) is 4.79 Å². The minimum absolute atomic E-state index is 0. The first kappa shape index (κ1) is 18.1. The highest BCUT2D eigenvalue weighted by Crippen LogP contribution is 2.33. The van der Waals surface area contributed by atoms with Gasteiger partial charge in [-0.1, -0.05) is 6.07 Å². The Morgan fingerprint density at radius 2 is 2.00 bits per heavy atom. The van der Waals surface area contributed by atoms with Crippen LogP contribution in [0.25, 0.3) is 0 Å². The molecular weight excluding hydrogens is 312 g/mol. The molecule has 2 saturated heterocycles. The quantitative estimate of drug-likeness (QED) is 0.861. The molecule has 0 aromatic heterocycles. The summed E-state index contributed by atoms with van der Waals surface area (Å²) in [5, 5.41) is 6.66. The molecule has 1 amide bonds. The summed E-state index contributed by atoms with van der Waals surface area (Å²) in [5.41, 5.74) is 1.92. The molecule has 3 rings (SSSR count). The molecular formula is C18H27ClN2O2. The number of hydrogen-bond donors (Lipinski definition) is 2. The number of aryl methyl sites for hydroxylation is 1. The number of anilines is 1. The summed E-state index contributed by atoms with van der Waals surface area (Å²) in [6, 6.07) is 7.18. The molecule has 2 fully saturated rings. The molecule has 0 spiro atoms. The Bertz CT molecular complexity index is 538. The van der Waals surface area contributed by atoms with E-state index in [4.69, 9.17) is 4.74 Å². The summed E-state index contributed by atoms with van der Waals surface area (Å²) in [4.78, 5) is 12.4. The van der Waals surface area contributed by atoms with Crippen LogP contribution in [0.3, 0.4) is 0 Å². The number of halogens is 1. The van der Waals surface area contributed by atoms with E-state index in [0.29, 0.717) is 31.0 Å². The lowest BCUT2D eigenvalue weighted by Gasteiger charge is -2.28. The second-order valence-electron chi connectivity index (χ2n) is 6.66. The van der Waals surface area contributed by atoms with Gasteiger partial charge in [0.05, 0.1) is 12.3 Å². The molecule has 4 nitrogen and oxygen atoms in total. The average molecular weight is 339 g/mol. The van der Waals surface area contributed by atoms with Crippen molar-refractivity contribution in [1.29, 1.82) is 0 Å². The Hall–Kier alpha value is -1.26. The van der Waals surface area contributed by atoms with Crippen LogP contribution in [0.5, 0.6) is 5.75 Å². The molecule has 1 aromatic carbocycles. The number of carbonyl (C=O) groups excluding carboxylic acids is 1. The molecule has 2 unspecified atom stereocenters. The van der Waals surface area contributed by atoms with E-state index in [2.05, 4.69) is 10.6 Å². The molecule has 2 atom stereocenters. The maximum absolute atomic E-state index is 12.4. The maximum Gasteiger partial charge on any atom is 0.224 e. The molecule has 128 valence electrons. The van der Waals surface area contributed by atoms with E-state index in [1.165, 1.54) is 12.8 Å². The summed E-state index contributed by atoms with van der Waals surface area (Å²) in [7, 11) is 0. The highest BCUT2D eigenvalue weighted by atomic mass is 35.5. The maximum atomic E-state index is 12.4. The minimum Gasteiger partial charge on any atom is -0.492 e. The van der Waals surface area contributed by atoms with Crippen LogP contribution in [-0.2, 0) is 4.79 Å². The summed E-state index contributed by atoms with van der Waals surface area (Å²) in [6.45, 7) is 4.58. The fourth-order valence-electron chi connectivity index (χ4n) is 3.81. The first-order chi connectivity index (χ1) is 10.6. The number of amides is 1. The number of ether oxygens (including phenoxy) is 1. The van der Waals surface area contributed by atoms with E-state index in [1.54, 1.807) is 0 Å². The van der Waals surface area contributed by atoms with Gasteiger partial charge < -0.3 is 15.4 Å². The molecule has 2 heterocycles. The van der Waals surface area contributed by atoms with E-state index in [-0.39, 0.29) is 18.3 Å². The Balaban J connectivity index is 0.00000192. The zero-order valence-corrected chi connectivity index (χ0v) is 14.7. The van der Waals surface area contributed by atoms with E-state index in [0.717, 1.165) is 29.8 Å². The SMILES string of the molecule is CCOc1cc(C)ccc1NC(=O)CC1CC2CCC(C1)N2.Cl. The molecule has 2 aliphatic heterocycles. The topological polar surface area (TPSA) is 50.4 Å². The lowest BCUT2D eigenvalue weighted by atomic mass is 9.89. The van der Waals surface area contributed by atoms with Crippen LogP contribution in [0, 0.1) is 12.8 Å². The second kappa shape index (κ2) is 8.02. The molecule has 23 heavy (non-hydrogen) atoms. The number of benzene rings is 1. The van der Waals surface area contributed by atoms with Gasteiger partial charge in [0.2, 0.25) is 5.91 Å². The standard InChI is InChI=1S/C18H26N2O2.ClH/c1-3-22-17-8-12(2)4-7-16(17)20-18(21)11-13-9-14-5-6-15(10-13)19-14;/h4,7-8,13-15,19H,3,5-6,9-11H2,1-2H3,(H,20,21);1H. The van der Waals surface area contributed by atoms with Crippen molar-refractivity contribution < 1.29 is 9.53 Å². The Morgan fingerprint density at radius 3 is 2.65 bits per heavy atom. The lowest BCUT2D eigenvalue weighted by molar-refractivity contribution is -0.117. The van der Waals surface area contributed by atoms with Crippen molar-refractivity contribution >= 4 is 24.0 Å². The van der Waals surface area contributed by atoms with Crippen molar-refractivity contribution in [3.8, 4) is 5.75 Å². The number of carbonyl (C=O) groups is 1. The van der Waals surface area contributed by atoms with Crippen molar-refractivity contribution in [3.63, 3.8) is 0 Å². The summed E-state index contributed by atoms with van der Waals surface area (Å²) in [5.74, 6) is 1.39. The van der Waals surface area contributed by atoms with Gasteiger partial charge in [0, 0.05) is 18.5 Å². The van der Waals surface area contributed by atoms with E-state index < -0.39 is 0 Å². The van der Waals surface area contributed by atoms with Crippen LogP contribution in [0.15, 0.2) is 18.2 Å². The van der Waals surface area contributed by atoms with Crippen LogP contribution < -0.4 is 15.4 Å². The zero-order chi connectivity index (χ0) is 15.5. The average Bonchev–Trinajstić information content (AvgIpc) is 2.81. The third-order valence-electron chi connectivity index (χ3n) is 4.76. The number of nitrogens with one attached hydrogen (secondary N) is 2. The normalized spacial score (nSPS) is 25.6. The predicted octanol–water partition coefficient (Wildman–Crippen LogP) is 3.67. The molecule has 0 aliphatic carbocycles. The van der Waals surface area contributed by atoms with E-state index in [1.807, 2.05) is 32.0 Å². The molecule has 0 radical (unpaired) electrons. The van der Waals surface area contributed by atoms with E-state index >= 15 is 0 Å². The van der Waals surface area contributed by atoms with Crippen molar-refractivity contribution in [2.45, 2.75) is 58.0 Å². The Kier molecular flexibility index (Phi) is 6.31. The molecule has 5 heteroatoms. The largest absolute Gasteiger partial charge is 0.492 e. The molecule has 2 aliphatic rings. The molecule has 2 bridgehead atoms. The van der Waals surface area contributed by atoms with Gasteiger partial charge in [-0.25, -0.2) is 0 Å². The molecule has 1 aromatic rings. The monoisotopic (exact) mass is 338 g/mol. The fraction of sp³-hybridized carbons (Fsp3) is 0.611. The van der Waals surface area contributed by atoms with Crippen LogP contribution in [-0.4, -0.2) is 24.6 Å². The van der Waals surface area contributed by atoms with Gasteiger partial charge in [0.1, 0.15) is 5.75 Å². The van der Waals surface area contributed by atoms with Crippen molar-refractivity contribution in [3.05, 3.63) is 23.8 Å². The smallest absolute Gasteiger partial charge is 0.224 e. The van der Waals surface area contributed by atoms with Gasteiger partial charge in [0.25, 0.3) is 0 Å². The van der Waals surface area contributed by atoms with Gasteiger partial charge in [-0.2, -0.15) is 0 Å². The Labute approximate surface area is 144 Å². The van der Waals surface area contributed by atoms with Crippen LogP contribution >= 0.6 is 12.4 Å².